The van der Waals surface area contributed by atoms with Crippen LogP contribution in [0.3, 0.4) is 0 Å². The number of hydrogen-bond acceptors (Lipinski definition) is 5. The zero-order valence-corrected chi connectivity index (χ0v) is 16.3. The van der Waals surface area contributed by atoms with Gasteiger partial charge >= 0.3 is 0 Å². The number of hydrogen-bond donors (Lipinski definition) is 2. The van der Waals surface area contributed by atoms with E-state index in [9.17, 15) is 12.8 Å². The molecule has 0 amide bonds. The summed E-state index contributed by atoms with van der Waals surface area (Å²) < 4.78 is 40.8. The number of thioether (sulfide) groups is 1. The molecular weight excluding hydrogens is 397 g/mol. The van der Waals surface area contributed by atoms with Crippen LogP contribution in [0.25, 0.3) is 0 Å². The van der Waals surface area contributed by atoms with Crippen LogP contribution in [0, 0.1) is 5.82 Å². The van der Waals surface area contributed by atoms with Gasteiger partial charge < -0.3 is 5.73 Å². The predicted octanol–water partition coefficient (Wildman–Crippen LogP) is 3.95. The van der Waals surface area contributed by atoms with Crippen molar-refractivity contribution in [3.05, 3.63) is 58.9 Å². The Morgan fingerprint density at radius 1 is 1.31 bits per heavy atom. The maximum Gasteiger partial charge on any atom is 0.263 e. The summed E-state index contributed by atoms with van der Waals surface area (Å²) in [4.78, 5) is 4.33. The third kappa shape index (κ3) is 3.97. The van der Waals surface area contributed by atoms with Gasteiger partial charge in [-0.3, -0.25) is 9.71 Å². The fourth-order valence-corrected chi connectivity index (χ4v) is 5.27. The van der Waals surface area contributed by atoms with Gasteiger partial charge in [-0.15, -0.1) is 0 Å². The van der Waals surface area contributed by atoms with Crippen LogP contribution >= 0.6 is 23.4 Å². The van der Waals surface area contributed by atoms with Gasteiger partial charge in [0.15, 0.2) is 5.17 Å². The number of aliphatic imine (C=N–C) groups is 1. The van der Waals surface area contributed by atoms with Gasteiger partial charge in [0.2, 0.25) is 0 Å². The van der Waals surface area contributed by atoms with Crippen LogP contribution in [0.5, 0.6) is 0 Å². The van der Waals surface area contributed by atoms with Gasteiger partial charge in [-0.2, -0.15) is 0 Å². The quantitative estimate of drug-likeness (QED) is 0.794. The van der Waals surface area contributed by atoms with E-state index in [1.165, 1.54) is 11.8 Å². The molecule has 0 bridgehead atoms. The highest BCUT2D eigenvalue weighted by Gasteiger charge is 2.30. The highest BCUT2D eigenvalue weighted by atomic mass is 35.5. The molecule has 5 nitrogen and oxygen atoms in total. The average Bonchev–Trinajstić information content (AvgIpc) is 2.54. The second kappa shape index (κ2) is 7.09. The zero-order valence-electron chi connectivity index (χ0n) is 13.9. The molecule has 0 aromatic heterocycles. The largest absolute Gasteiger partial charge is 0.379 e. The first-order valence-corrected chi connectivity index (χ1v) is 10.6. The van der Waals surface area contributed by atoms with Crippen molar-refractivity contribution in [2.45, 2.75) is 23.8 Å². The van der Waals surface area contributed by atoms with Crippen molar-refractivity contribution in [3.8, 4) is 0 Å². The monoisotopic (exact) mass is 413 g/mol. The molecule has 0 saturated carbocycles. The van der Waals surface area contributed by atoms with Crippen LogP contribution in [0.4, 0.5) is 10.1 Å². The van der Waals surface area contributed by atoms with Crippen molar-refractivity contribution in [1.82, 2.24) is 0 Å². The van der Waals surface area contributed by atoms with E-state index >= 15 is 0 Å². The number of amidine groups is 1. The molecule has 0 saturated heterocycles. The summed E-state index contributed by atoms with van der Waals surface area (Å²) in [5.41, 5.74) is 6.56. The number of nitrogens with two attached hydrogens (primary N) is 1. The van der Waals surface area contributed by atoms with Crippen molar-refractivity contribution in [3.63, 3.8) is 0 Å². The van der Waals surface area contributed by atoms with Gasteiger partial charge in [0.05, 0.1) is 10.6 Å². The number of rotatable bonds is 4. The Hall–Kier alpha value is -1.77. The minimum Gasteiger partial charge on any atom is -0.379 e. The summed E-state index contributed by atoms with van der Waals surface area (Å²) in [6.07, 6.45) is 0.790. The first-order valence-electron chi connectivity index (χ1n) is 7.76. The van der Waals surface area contributed by atoms with Crippen molar-refractivity contribution in [2.24, 2.45) is 10.7 Å². The van der Waals surface area contributed by atoms with E-state index in [1.54, 1.807) is 18.2 Å². The SMILES string of the molecule is CC1(c2cccc(NS(=O)(=O)c3ccc(F)cc3Cl)c2)CCSC(N)=N1. The Morgan fingerprint density at radius 2 is 2.08 bits per heavy atom. The fraction of sp³-hybridized carbons (Fsp3) is 0.235. The Bertz CT molecular complexity index is 982. The highest BCUT2D eigenvalue weighted by Crippen LogP contribution is 2.36. The lowest BCUT2D eigenvalue weighted by atomic mass is 9.89. The Balaban J connectivity index is 1.93. The van der Waals surface area contributed by atoms with E-state index in [-0.39, 0.29) is 9.92 Å². The van der Waals surface area contributed by atoms with Crippen molar-refractivity contribution in [1.29, 1.82) is 0 Å². The predicted molar refractivity (Wildman–Crippen MR) is 105 cm³/mol. The maximum atomic E-state index is 13.2. The molecule has 3 rings (SSSR count). The Morgan fingerprint density at radius 3 is 2.77 bits per heavy atom. The van der Waals surface area contributed by atoms with Crippen LogP contribution in [-0.2, 0) is 15.6 Å². The molecule has 26 heavy (non-hydrogen) atoms. The topological polar surface area (TPSA) is 84.5 Å². The normalized spacial score (nSPS) is 20.5. The molecule has 0 radical (unpaired) electrons. The summed E-state index contributed by atoms with van der Waals surface area (Å²) >= 11 is 7.38. The number of benzene rings is 2. The molecule has 0 fully saturated rings. The molecule has 2 aromatic carbocycles. The maximum absolute atomic E-state index is 13.2. The third-order valence-corrected chi connectivity index (χ3v) is 6.78. The Labute approximate surface area is 160 Å². The van der Waals surface area contributed by atoms with Crippen molar-refractivity contribution >= 4 is 44.2 Å². The van der Waals surface area contributed by atoms with E-state index in [4.69, 9.17) is 17.3 Å². The fourth-order valence-electron chi connectivity index (χ4n) is 2.72. The molecule has 1 aliphatic rings. The average molecular weight is 414 g/mol. The minimum absolute atomic E-state index is 0.178. The minimum atomic E-state index is -3.95. The molecule has 9 heteroatoms. The van der Waals surface area contributed by atoms with Gasteiger partial charge in [-0.25, -0.2) is 12.8 Å². The number of sulfonamides is 1. The summed E-state index contributed by atoms with van der Waals surface area (Å²) in [6.45, 7) is 1.96. The van der Waals surface area contributed by atoms with Gasteiger partial charge in [0, 0.05) is 11.4 Å². The molecule has 138 valence electrons. The van der Waals surface area contributed by atoms with Crippen molar-refractivity contribution in [2.75, 3.05) is 10.5 Å². The molecule has 2 aromatic rings. The number of halogens is 2. The Kier molecular flexibility index (Phi) is 5.18. The molecular formula is C17H17ClFN3O2S2. The molecule has 1 heterocycles. The van der Waals surface area contributed by atoms with Crippen LogP contribution in [0.2, 0.25) is 5.02 Å². The zero-order chi connectivity index (χ0) is 18.9. The smallest absolute Gasteiger partial charge is 0.263 e. The number of nitrogens with zero attached hydrogens (tertiary/aromatic N) is 1. The number of anilines is 1. The van der Waals surface area contributed by atoms with Crippen molar-refractivity contribution < 1.29 is 12.8 Å². The first kappa shape index (κ1) is 19.0. The summed E-state index contributed by atoms with van der Waals surface area (Å²) in [6, 6.07) is 10.1. The third-order valence-electron chi connectivity index (χ3n) is 4.12. The lowest BCUT2D eigenvalue weighted by Gasteiger charge is -2.30. The summed E-state index contributed by atoms with van der Waals surface area (Å²) in [5.74, 6) is 0.238. The lowest BCUT2D eigenvalue weighted by molar-refractivity contribution is 0.482. The second-order valence-electron chi connectivity index (χ2n) is 6.08. The molecule has 0 spiro atoms. The van der Waals surface area contributed by atoms with Crippen LogP contribution < -0.4 is 10.5 Å². The second-order valence-corrected chi connectivity index (χ2v) is 9.26. The standard InChI is InChI=1S/C17H17ClFN3O2S2/c1-17(7-8-25-16(20)21-17)11-3-2-4-13(9-11)22-26(23,24)15-6-5-12(19)10-14(15)18/h2-6,9-10,22H,7-8H2,1H3,(H2,20,21). The molecule has 1 atom stereocenters. The van der Waals surface area contributed by atoms with E-state index in [2.05, 4.69) is 9.71 Å². The van der Waals surface area contributed by atoms with E-state index in [0.29, 0.717) is 10.9 Å². The van der Waals surface area contributed by atoms with Gasteiger partial charge in [-0.1, -0.05) is 35.5 Å². The van der Waals surface area contributed by atoms with Crippen LogP contribution in [0.15, 0.2) is 52.4 Å². The molecule has 1 aliphatic heterocycles. The number of nitrogens with one attached hydrogen (secondary N) is 1. The van der Waals surface area contributed by atoms with E-state index in [1.807, 2.05) is 13.0 Å². The summed E-state index contributed by atoms with van der Waals surface area (Å²) in [5, 5.41) is 0.338. The molecule has 0 aliphatic carbocycles. The van der Waals surface area contributed by atoms with E-state index < -0.39 is 21.4 Å². The van der Waals surface area contributed by atoms with Gasteiger partial charge in [-0.05, 0) is 49.2 Å². The summed E-state index contributed by atoms with van der Waals surface area (Å²) in [7, 11) is -3.95. The molecule has 3 N–H and O–H groups in total. The van der Waals surface area contributed by atoms with E-state index in [0.717, 1.165) is 35.9 Å². The van der Waals surface area contributed by atoms with Gasteiger partial charge in [0.25, 0.3) is 10.0 Å². The van der Waals surface area contributed by atoms with Crippen LogP contribution in [-0.4, -0.2) is 19.3 Å². The first-order chi connectivity index (χ1) is 12.2. The van der Waals surface area contributed by atoms with Gasteiger partial charge in [0.1, 0.15) is 10.7 Å². The van der Waals surface area contributed by atoms with Crippen LogP contribution in [0.1, 0.15) is 18.9 Å². The molecule has 1 unspecified atom stereocenters. The lowest BCUT2D eigenvalue weighted by Crippen LogP contribution is -2.28. The highest BCUT2D eigenvalue weighted by molar-refractivity contribution is 8.13.